The summed E-state index contributed by atoms with van der Waals surface area (Å²) in [7, 11) is -2.21. The minimum absolute atomic E-state index is 0.0718. The van der Waals surface area contributed by atoms with E-state index >= 15 is 0 Å². The lowest BCUT2D eigenvalue weighted by Crippen LogP contribution is -2.50. The van der Waals surface area contributed by atoms with Crippen LogP contribution in [0.4, 0.5) is 11.4 Å². The summed E-state index contributed by atoms with van der Waals surface area (Å²) in [5, 5.41) is 2.76. The lowest BCUT2D eigenvalue weighted by atomic mass is 9.97. The topological polar surface area (TPSA) is 96.0 Å². The molecule has 9 heteroatoms. The average molecular weight is 429 g/mol. The Morgan fingerprint density at radius 3 is 2.60 bits per heavy atom. The molecule has 1 saturated heterocycles. The first-order chi connectivity index (χ1) is 14.4. The molecule has 0 spiro atoms. The van der Waals surface area contributed by atoms with E-state index < -0.39 is 15.9 Å². The van der Waals surface area contributed by atoms with Gasteiger partial charge >= 0.3 is 0 Å². The number of nitrogens with one attached hydrogen (secondary N) is 1. The van der Waals surface area contributed by atoms with Crippen LogP contribution in [0.5, 0.6) is 5.75 Å². The van der Waals surface area contributed by atoms with Gasteiger partial charge in [0.1, 0.15) is 12.3 Å². The van der Waals surface area contributed by atoms with Crippen LogP contribution in [-0.4, -0.2) is 51.3 Å². The number of piperidine rings is 1. The van der Waals surface area contributed by atoms with Crippen LogP contribution in [0.2, 0.25) is 0 Å². The number of hydrogen-bond acceptors (Lipinski definition) is 5. The van der Waals surface area contributed by atoms with Crippen molar-refractivity contribution >= 4 is 33.2 Å². The molecular weight excluding hydrogens is 406 g/mol. The Labute approximate surface area is 175 Å². The Bertz CT molecular complexity index is 1070. The number of sulfonamides is 1. The van der Waals surface area contributed by atoms with E-state index in [2.05, 4.69) is 5.32 Å². The summed E-state index contributed by atoms with van der Waals surface area (Å²) in [4.78, 5) is 27.0. The van der Waals surface area contributed by atoms with Gasteiger partial charge in [-0.15, -0.1) is 0 Å². The van der Waals surface area contributed by atoms with Crippen LogP contribution in [-0.2, 0) is 19.6 Å². The van der Waals surface area contributed by atoms with Gasteiger partial charge in [0.25, 0.3) is 0 Å². The largest absolute Gasteiger partial charge is 0.497 e. The van der Waals surface area contributed by atoms with E-state index in [4.69, 9.17) is 4.74 Å². The fourth-order valence-electron chi connectivity index (χ4n) is 3.91. The predicted molar refractivity (Wildman–Crippen MR) is 112 cm³/mol. The number of methoxy groups -OCH3 is 1. The quantitative estimate of drug-likeness (QED) is 0.803. The second kappa shape index (κ2) is 8.08. The van der Waals surface area contributed by atoms with Crippen molar-refractivity contribution in [2.45, 2.75) is 17.7 Å². The van der Waals surface area contributed by atoms with E-state index in [1.807, 2.05) is 0 Å². The third-order valence-electron chi connectivity index (χ3n) is 5.47. The molecule has 2 aromatic carbocycles. The van der Waals surface area contributed by atoms with Crippen molar-refractivity contribution in [1.29, 1.82) is 0 Å². The molecule has 0 saturated carbocycles. The number of para-hydroxylation sites is 2. The number of fused-ring (bicyclic) bond motifs is 1. The van der Waals surface area contributed by atoms with E-state index in [0.717, 1.165) is 0 Å². The fourth-order valence-corrected chi connectivity index (χ4v) is 5.43. The first kappa shape index (κ1) is 20.4. The zero-order valence-electron chi connectivity index (χ0n) is 16.6. The number of benzene rings is 2. The maximum atomic E-state index is 13.3. The molecule has 2 aliphatic rings. The molecule has 2 aliphatic heterocycles. The first-order valence-electron chi connectivity index (χ1n) is 9.74. The number of anilines is 2. The van der Waals surface area contributed by atoms with Crippen LogP contribution >= 0.6 is 0 Å². The smallest absolute Gasteiger partial charge is 0.244 e. The zero-order valence-corrected chi connectivity index (χ0v) is 17.4. The summed E-state index contributed by atoms with van der Waals surface area (Å²) >= 11 is 0. The van der Waals surface area contributed by atoms with E-state index in [9.17, 15) is 18.0 Å². The number of carbonyl (C=O) groups excluding carboxylic acids is 2. The highest BCUT2D eigenvalue weighted by atomic mass is 32.2. The van der Waals surface area contributed by atoms with Gasteiger partial charge in [-0.25, -0.2) is 8.42 Å². The third-order valence-corrected chi connectivity index (χ3v) is 7.35. The minimum Gasteiger partial charge on any atom is -0.497 e. The van der Waals surface area contributed by atoms with Crippen LogP contribution in [0, 0.1) is 5.92 Å². The van der Waals surface area contributed by atoms with E-state index in [1.54, 1.807) is 36.4 Å². The van der Waals surface area contributed by atoms with E-state index in [0.29, 0.717) is 36.5 Å². The molecule has 30 heavy (non-hydrogen) atoms. The molecule has 8 nitrogen and oxygen atoms in total. The third kappa shape index (κ3) is 3.78. The Balaban J connectivity index is 1.55. The monoisotopic (exact) mass is 429 g/mol. The van der Waals surface area contributed by atoms with Crippen molar-refractivity contribution in [2.24, 2.45) is 5.92 Å². The normalized spacial score (nSPS) is 19.7. The number of nitrogens with zero attached hydrogens (tertiary/aromatic N) is 2. The molecule has 0 bridgehead atoms. The molecule has 2 heterocycles. The molecule has 1 atom stereocenters. The van der Waals surface area contributed by atoms with Gasteiger partial charge < -0.3 is 15.0 Å². The molecule has 2 aromatic rings. The van der Waals surface area contributed by atoms with Crippen molar-refractivity contribution in [3.63, 3.8) is 0 Å². The molecule has 1 N–H and O–H groups in total. The van der Waals surface area contributed by atoms with Crippen LogP contribution in [0.3, 0.4) is 0 Å². The predicted octanol–water partition coefficient (Wildman–Crippen LogP) is 2.08. The lowest BCUT2D eigenvalue weighted by molar-refractivity contribution is -0.125. The maximum absolute atomic E-state index is 13.3. The van der Waals surface area contributed by atoms with Crippen molar-refractivity contribution in [2.75, 3.05) is 37.0 Å². The highest BCUT2D eigenvalue weighted by Crippen LogP contribution is 2.32. The molecule has 0 unspecified atom stereocenters. The molecule has 0 aromatic heterocycles. The second-order valence-electron chi connectivity index (χ2n) is 7.37. The van der Waals surface area contributed by atoms with Crippen molar-refractivity contribution in [3.05, 3.63) is 48.5 Å². The van der Waals surface area contributed by atoms with Crippen LogP contribution < -0.4 is 15.0 Å². The highest BCUT2D eigenvalue weighted by Gasteiger charge is 2.37. The second-order valence-corrected chi connectivity index (χ2v) is 9.31. The summed E-state index contributed by atoms with van der Waals surface area (Å²) in [5.41, 5.74) is 1.22. The molecule has 0 aliphatic carbocycles. The van der Waals surface area contributed by atoms with Gasteiger partial charge in [-0.3, -0.25) is 9.59 Å². The lowest BCUT2D eigenvalue weighted by Gasteiger charge is -2.36. The summed E-state index contributed by atoms with van der Waals surface area (Å²) in [6.45, 7) is 0.375. The SMILES string of the molecule is COc1ccc(S(=O)(=O)N2CCC[C@@H](C(=O)N3CC(=O)Nc4ccccc43)C2)cc1. The Morgan fingerprint density at radius 2 is 1.87 bits per heavy atom. The molecule has 0 radical (unpaired) electrons. The van der Waals surface area contributed by atoms with Gasteiger partial charge in [0.2, 0.25) is 21.8 Å². The van der Waals surface area contributed by atoms with E-state index in [1.165, 1.54) is 28.4 Å². The molecular formula is C21H23N3O5S. The number of rotatable bonds is 4. The molecule has 4 rings (SSSR count). The van der Waals surface area contributed by atoms with Gasteiger partial charge in [-0.05, 0) is 49.2 Å². The fraction of sp³-hybridized carbons (Fsp3) is 0.333. The summed E-state index contributed by atoms with van der Waals surface area (Å²) in [6.07, 6.45) is 1.15. The van der Waals surface area contributed by atoms with Gasteiger partial charge in [0.05, 0.1) is 29.3 Å². The van der Waals surface area contributed by atoms with E-state index in [-0.39, 0.29) is 29.8 Å². The van der Waals surface area contributed by atoms with Crippen LogP contribution in [0.15, 0.2) is 53.4 Å². The summed E-state index contributed by atoms with van der Waals surface area (Å²) in [5.74, 6) is -0.430. The van der Waals surface area contributed by atoms with Crippen LogP contribution in [0.1, 0.15) is 12.8 Å². The van der Waals surface area contributed by atoms with Crippen molar-refractivity contribution in [3.8, 4) is 5.75 Å². The maximum Gasteiger partial charge on any atom is 0.244 e. The molecule has 1 fully saturated rings. The molecule has 2 amide bonds. The standard InChI is InChI=1S/C21H23N3O5S/c1-29-16-8-10-17(11-9-16)30(27,28)23-12-4-5-15(13-23)21(26)24-14-20(25)22-18-6-2-3-7-19(18)24/h2-3,6-11,15H,4-5,12-14H2,1H3,(H,22,25)/t15-/m1/s1. The van der Waals surface area contributed by atoms with Gasteiger partial charge in [0.15, 0.2) is 0 Å². The Hall–Kier alpha value is -2.91. The van der Waals surface area contributed by atoms with Gasteiger partial charge in [-0.1, -0.05) is 12.1 Å². The number of ether oxygens (including phenoxy) is 1. The first-order valence-corrected chi connectivity index (χ1v) is 11.2. The number of hydrogen-bond donors (Lipinski definition) is 1. The number of carbonyl (C=O) groups is 2. The Morgan fingerprint density at radius 1 is 1.13 bits per heavy atom. The average Bonchev–Trinajstić information content (AvgIpc) is 2.78. The summed E-state index contributed by atoms with van der Waals surface area (Å²) < 4.78 is 32.6. The van der Waals surface area contributed by atoms with Gasteiger partial charge in [0, 0.05) is 13.1 Å². The Kier molecular flexibility index (Phi) is 5.48. The minimum atomic E-state index is -3.73. The zero-order chi connectivity index (χ0) is 21.3. The number of amides is 2. The van der Waals surface area contributed by atoms with Crippen molar-refractivity contribution < 1.29 is 22.7 Å². The van der Waals surface area contributed by atoms with Gasteiger partial charge in [-0.2, -0.15) is 4.31 Å². The molecule has 158 valence electrons. The van der Waals surface area contributed by atoms with Crippen LogP contribution in [0.25, 0.3) is 0 Å². The summed E-state index contributed by atoms with van der Waals surface area (Å²) in [6, 6.07) is 13.3. The van der Waals surface area contributed by atoms with Crippen molar-refractivity contribution in [1.82, 2.24) is 4.31 Å². The highest BCUT2D eigenvalue weighted by molar-refractivity contribution is 7.89.